The number of likely N-dealkylation sites (N-methyl/N-ethyl adjacent to an activating group) is 1. The van der Waals surface area contributed by atoms with Crippen LogP contribution >= 0.6 is 0 Å². The van der Waals surface area contributed by atoms with E-state index in [9.17, 15) is 0 Å². The molecule has 0 N–H and O–H groups in total. The molecule has 3 heteroatoms. The van der Waals surface area contributed by atoms with E-state index in [2.05, 4.69) is 49.7 Å². The molecular weight excluding hydrogens is 298 g/mol. The molecule has 2 unspecified atom stereocenters. The molecular formula is C21H25NO2. The molecule has 0 spiro atoms. The molecule has 1 aliphatic rings. The third-order valence-electron chi connectivity index (χ3n) is 5.07. The average Bonchev–Trinajstić information content (AvgIpc) is 2.61. The minimum atomic E-state index is 0.176. The second kappa shape index (κ2) is 6.70. The molecule has 2 atom stereocenters. The number of benzene rings is 2. The molecule has 1 heterocycles. The van der Waals surface area contributed by atoms with Gasteiger partial charge >= 0.3 is 0 Å². The zero-order chi connectivity index (χ0) is 17.3. The Morgan fingerprint density at radius 3 is 2.33 bits per heavy atom. The number of nitrogens with zero attached hydrogens (tertiary/aromatic N) is 1. The van der Waals surface area contributed by atoms with Crippen LogP contribution in [-0.4, -0.2) is 26.2 Å². The SMILES string of the molecule is C=CC1c2cc(OC)ccc2CC(c2ccc(OC)cc2C)N1C. The summed E-state index contributed by atoms with van der Waals surface area (Å²) in [6, 6.07) is 13.2. The second-order valence-electron chi connectivity index (χ2n) is 6.35. The first-order chi connectivity index (χ1) is 11.6. The highest BCUT2D eigenvalue weighted by atomic mass is 16.5. The molecule has 3 rings (SSSR count). The van der Waals surface area contributed by atoms with Gasteiger partial charge in [-0.3, -0.25) is 4.90 Å². The summed E-state index contributed by atoms with van der Waals surface area (Å²) >= 11 is 0. The van der Waals surface area contributed by atoms with Crippen LogP contribution < -0.4 is 9.47 Å². The van der Waals surface area contributed by atoms with Crippen molar-refractivity contribution in [2.75, 3.05) is 21.3 Å². The Bertz CT molecular complexity index is 753. The summed E-state index contributed by atoms with van der Waals surface area (Å²) in [5.74, 6) is 1.80. The molecule has 0 aromatic heterocycles. The molecule has 2 aromatic rings. The van der Waals surface area contributed by atoms with Crippen LogP contribution in [0.5, 0.6) is 11.5 Å². The zero-order valence-electron chi connectivity index (χ0n) is 14.9. The first-order valence-corrected chi connectivity index (χ1v) is 8.25. The summed E-state index contributed by atoms with van der Waals surface area (Å²) in [6.45, 7) is 6.22. The number of methoxy groups -OCH3 is 2. The molecule has 0 radical (unpaired) electrons. The largest absolute Gasteiger partial charge is 0.497 e. The van der Waals surface area contributed by atoms with Crippen molar-refractivity contribution in [1.82, 2.24) is 4.90 Å². The van der Waals surface area contributed by atoms with Crippen molar-refractivity contribution in [1.29, 1.82) is 0 Å². The summed E-state index contributed by atoms with van der Waals surface area (Å²) in [4.78, 5) is 2.39. The summed E-state index contributed by atoms with van der Waals surface area (Å²) in [7, 11) is 5.59. The molecule has 0 amide bonds. The molecule has 0 saturated carbocycles. The molecule has 0 fully saturated rings. The van der Waals surface area contributed by atoms with Crippen LogP contribution in [0.2, 0.25) is 0 Å². The number of hydrogen-bond donors (Lipinski definition) is 0. The lowest BCUT2D eigenvalue weighted by Gasteiger charge is -2.40. The number of rotatable bonds is 4. The van der Waals surface area contributed by atoms with Gasteiger partial charge in [0.2, 0.25) is 0 Å². The molecule has 0 saturated heterocycles. The van der Waals surface area contributed by atoms with Gasteiger partial charge in [0.25, 0.3) is 0 Å². The van der Waals surface area contributed by atoms with Gasteiger partial charge in [0.1, 0.15) is 11.5 Å². The lowest BCUT2D eigenvalue weighted by molar-refractivity contribution is 0.185. The molecule has 3 nitrogen and oxygen atoms in total. The van der Waals surface area contributed by atoms with E-state index < -0.39 is 0 Å². The number of ether oxygens (including phenoxy) is 2. The molecule has 0 bridgehead atoms. The van der Waals surface area contributed by atoms with Crippen LogP contribution in [-0.2, 0) is 6.42 Å². The fourth-order valence-electron chi connectivity index (χ4n) is 3.70. The maximum atomic E-state index is 5.40. The zero-order valence-corrected chi connectivity index (χ0v) is 14.9. The minimum absolute atomic E-state index is 0.176. The van der Waals surface area contributed by atoms with Crippen molar-refractivity contribution in [2.24, 2.45) is 0 Å². The van der Waals surface area contributed by atoms with Gasteiger partial charge in [-0.2, -0.15) is 0 Å². The van der Waals surface area contributed by atoms with E-state index in [1.54, 1.807) is 14.2 Å². The van der Waals surface area contributed by atoms with Crippen molar-refractivity contribution in [2.45, 2.75) is 25.4 Å². The maximum Gasteiger partial charge on any atom is 0.119 e. The van der Waals surface area contributed by atoms with Gasteiger partial charge in [-0.15, -0.1) is 6.58 Å². The van der Waals surface area contributed by atoms with E-state index in [4.69, 9.17) is 9.47 Å². The van der Waals surface area contributed by atoms with Gasteiger partial charge in [-0.05, 0) is 66.9 Å². The van der Waals surface area contributed by atoms with Crippen LogP contribution in [0.3, 0.4) is 0 Å². The summed E-state index contributed by atoms with van der Waals surface area (Å²) in [5.41, 5.74) is 5.24. The van der Waals surface area contributed by atoms with Crippen LogP contribution in [0.15, 0.2) is 49.1 Å². The topological polar surface area (TPSA) is 21.7 Å². The number of hydrogen-bond acceptors (Lipinski definition) is 3. The summed E-state index contributed by atoms with van der Waals surface area (Å²) < 4.78 is 10.7. The van der Waals surface area contributed by atoms with Crippen molar-refractivity contribution < 1.29 is 9.47 Å². The van der Waals surface area contributed by atoms with Gasteiger partial charge < -0.3 is 9.47 Å². The van der Waals surface area contributed by atoms with Crippen molar-refractivity contribution >= 4 is 0 Å². The fourth-order valence-corrected chi connectivity index (χ4v) is 3.70. The highest BCUT2D eigenvalue weighted by molar-refractivity contribution is 5.44. The number of fused-ring (bicyclic) bond motifs is 1. The van der Waals surface area contributed by atoms with Crippen molar-refractivity contribution in [3.05, 3.63) is 71.3 Å². The Hall–Kier alpha value is -2.26. The first-order valence-electron chi connectivity index (χ1n) is 8.25. The quantitative estimate of drug-likeness (QED) is 0.775. The van der Waals surface area contributed by atoms with Crippen LogP contribution in [0.4, 0.5) is 0 Å². The highest BCUT2D eigenvalue weighted by Crippen LogP contribution is 2.42. The number of aryl methyl sites for hydroxylation is 1. The minimum Gasteiger partial charge on any atom is -0.497 e. The molecule has 2 aromatic carbocycles. The Morgan fingerprint density at radius 1 is 1.04 bits per heavy atom. The highest BCUT2D eigenvalue weighted by Gasteiger charge is 2.32. The van der Waals surface area contributed by atoms with Crippen LogP contribution in [0.25, 0.3) is 0 Å². The average molecular weight is 323 g/mol. The van der Waals surface area contributed by atoms with Crippen molar-refractivity contribution in [3.8, 4) is 11.5 Å². The van der Waals surface area contributed by atoms with Gasteiger partial charge in [-0.25, -0.2) is 0 Å². The normalized spacial score (nSPS) is 20.3. The van der Waals surface area contributed by atoms with Gasteiger partial charge in [-0.1, -0.05) is 18.2 Å². The molecule has 24 heavy (non-hydrogen) atoms. The van der Waals surface area contributed by atoms with E-state index >= 15 is 0 Å². The van der Waals surface area contributed by atoms with Crippen LogP contribution in [0.1, 0.15) is 34.3 Å². The van der Waals surface area contributed by atoms with Gasteiger partial charge in [0, 0.05) is 6.04 Å². The van der Waals surface area contributed by atoms with E-state index in [0.29, 0.717) is 6.04 Å². The van der Waals surface area contributed by atoms with Crippen molar-refractivity contribution in [3.63, 3.8) is 0 Å². The third-order valence-corrected chi connectivity index (χ3v) is 5.07. The fraction of sp³-hybridized carbons (Fsp3) is 0.333. The predicted octanol–water partition coefficient (Wildman–Crippen LogP) is 4.47. The summed E-state index contributed by atoms with van der Waals surface area (Å²) in [6.07, 6.45) is 3.00. The molecule has 1 aliphatic heterocycles. The standard InChI is InChI=1S/C21H25NO2/c1-6-20-19-13-17(24-5)8-7-15(19)12-21(22(20)3)18-10-9-16(23-4)11-14(18)2/h6-11,13,20-21H,1,12H2,2-5H3. The monoisotopic (exact) mass is 323 g/mol. The third kappa shape index (κ3) is 2.80. The Morgan fingerprint density at radius 2 is 1.71 bits per heavy atom. The molecule has 126 valence electrons. The van der Waals surface area contributed by atoms with E-state index in [1.807, 2.05) is 18.2 Å². The van der Waals surface area contributed by atoms with E-state index in [-0.39, 0.29) is 6.04 Å². The summed E-state index contributed by atoms with van der Waals surface area (Å²) in [5, 5.41) is 0. The second-order valence-corrected chi connectivity index (χ2v) is 6.35. The van der Waals surface area contributed by atoms with Crippen LogP contribution in [0, 0.1) is 6.92 Å². The molecule has 0 aliphatic carbocycles. The lowest BCUT2D eigenvalue weighted by atomic mass is 9.84. The Labute approximate surface area is 144 Å². The Kier molecular flexibility index (Phi) is 4.63. The van der Waals surface area contributed by atoms with E-state index in [1.165, 1.54) is 22.3 Å². The Balaban J connectivity index is 2.03. The first kappa shape index (κ1) is 16.6. The predicted molar refractivity (Wildman–Crippen MR) is 97.9 cm³/mol. The maximum absolute atomic E-state index is 5.40. The van der Waals surface area contributed by atoms with Gasteiger partial charge in [0.15, 0.2) is 0 Å². The van der Waals surface area contributed by atoms with Gasteiger partial charge in [0.05, 0.1) is 20.3 Å². The smallest absolute Gasteiger partial charge is 0.119 e. The van der Waals surface area contributed by atoms with E-state index in [0.717, 1.165) is 17.9 Å². The lowest BCUT2D eigenvalue weighted by Crippen LogP contribution is -2.34.